The Kier molecular flexibility index (Phi) is 13.6. The van der Waals surface area contributed by atoms with Crippen molar-refractivity contribution in [1.82, 2.24) is 35.1 Å². The Labute approximate surface area is 374 Å². The van der Waals surface area contributed by atoms with Crippen LogP contribution >= 0.6 is 0 Å². The molecule has 3 aliphatic rings. The first kappa shape index (κ1) is 45.9. The number of esters is 1. The fourth-order valence-corrected chi connectivity index (χ4v) is 9.47. The monoisotopic (exact) mass is 875 g/mol. The quantitative estimate of drug-likeness (QED) is 0.145. The lowest BCUT2D eigenvalue weighted by atomic mass is 9.84. The van der Waals surface area contributed by atoms with E-state index in [1.165, 1.54) is 20.9 Å². The van der Waals surface area contributed by atoms with Crippen molar-refractivity contribution < 1.29 is 38.6 Å². The van der Waals surface area contributed by atoms with Crippen molar-refractivity contribution in [3.63, 3.8) is 0 Å². The van der Waals surface area contributed by atoms with Crippen LogP contribution in [0.1, 0.15) is 64.3 Å². The summed E-state index contributed by atoms with van der Waals surface area (Å²) in [6.07, 6.45) is 4.45. The third-order valence-electron chi connectivity index (χ3n) is 12.7. The number of phenolic OH excluding ortho intramolecular Hbond substituents is 1. The average molecular weight is 876 g/mol. The normalized spacial score (nSPS) is 19.7. The largest absolute Gasteiger partial charge is 0.508 e. The molecule has 3 aliphatic heterocycles. The molecule has 5 heterocycles. The summed E-state index contributed by atoms with van der Waals surface area (Å²) in [4.78, 5) is 76.3. The zero-order valence-corrected chi connectivity index (χ0v) is 38.0. The lowest BCUT2D eigenvalue weighted by molar-refractivity contribution is -0.155. The number of nitrogens with one attached hydrogen (secondary N) is 2. The van der Waals surface area contributed by atoms with Crippen LogP contribution in [-0.4, -0.2) is 118 Å². The summed E-state index contributed by atoms with van der Waals surface area (Å²) in [6.45, 7) is 15.2. The van der Waals surface area contributed by atoms with Gasteiger partial charge in [0.25, 0.3) is 5.91 Å². The lowest BCUT2D eigenvalue weighted by Crippen LogP contribution is -2.63. The lowest BCUT2D eigenvalue weighted by Gasteiger charge is -2.41. The Bertz CT molecular complexity index is 2450. The van der Waals surface area contributed by atoms with Crippen molar-refractivity contribution in [2.75, 3.05) is 40.4 Å². The molecule has 3 atom stereocenters. The number of benzene rings is 2. The van der Waals surface area contributed by atoms with Crippen LogP contribution in [0.15, 0.2) is 67.4 Å². The topological polar surface area (TPSA) is 176 Å². The molecule has 4 amide bonds. The smallest absolute Gasteiger partial charge is 0.324 e. The van der Waals surface area contributed by atoms with Gasteiger partial charge in [0.15, 0.2) is 0 Å². The molecule has 340 valence electrons. The van der Waals surface area contributed by atoms with E-state index in [1.54, 1.807) is 32.5 Å². The van der Waals surface area contributed by atoms with Gasteiger partial charge < -0.3 is 34.3 Å². The molecule has 4 aromatic rings. The van der Waals surface area contributed by atoms with Crippen LogP contribution in [0.25, 0.3) is 33.3 Å². The third kappa shape index (κ3) is 9.41. The van der Waals surface area contributed by atoms with Crippen molar-refractivity contribution >= 4 is 40.5 Å². The van der Waals surface area contributed by atoms with E-state index in [-0.39, 0.29) is 56.1 Å². The Hall–Kier alpha value is -6.06. The number of ether oxygens (including phenoxy) is 2. The van der Waals surface area contributed by atoms with Crippen LogP contribution < -0.4 is 10.7 Å². The van der Waals surface area contributed by atoms with Crippen LogP contribution in [0, 0.1) is 17.3 Å². The van der Waals surface area contributed by atoms with Gasteiger partial charge in [-0.2, -0.15) is 0 Å². The van der Waals surface area contributed by atoms with Crippen LogP contribution in [0.5, 0.6) is 5.75 Å². The first-order chi connectivity index (χ1) is 30.5. The Morgan fingerprint density at radius 2 is 1.89 bits per heavy atom. The Morgan fingerprint density at radius 1 is 1.12 bits per heavy atom. The van der Waals surface area contributed by atoms with E-state index in [4.69, 9.17) is 14.5 Å². The van der Waals surface area contributed by atoms with E-state index < -0.39 is 47.2 Å². The molecule has 6 bridgehead atoms. The van der Waals surface area contributed by atoms with Gasteiger partial charge in [-0.25, -0.2) is 5.43 Å². The van der Waals surface area contributed by atoms with Gasteiger partial charge in [0.2, 0.25) is 17.7 Å². The zero-order chi connectivity index (χ0) is 46.0. The number of hydrogen-bond donors (Lipinski definition) is 3. The molecule has 2 saturated heterocycles. The second-order valence-corrected chi connectivity index (χ2v) is 18.4. The molecule has 2 fully saturated rings. The fraction of sp³-hybridized carbons (Fsp3) is 0.469. The van der Waals surface area contributed by atoms with E-state index >= 15 is 0 Å². The number of likely N-dealkylation sites (tertiary alicyclic amines) is 1. The number of pyridine rings is 1. The minimum atomic E-state index is -1.16. The molecule has 2 aromatic carbocycles. The van der Waals surface area contributed by atoms with Crippen LogP contribution in [0.3, 0.4) is 0 Å². The standard InChI is InChI=1S/C49H61N7O8/c1-9-42(58)54-25-33(26-54)46(60)53(7)43(29(3)4)45(59)51-39-21-30-19-32(22-34(57)20-30)31-15-16-41-36(23-31)37(44(55(41)10-2)35-13-11-17-50-40(35)27-63-8)24-49(5,6)28-64-48(62)38-14-12-18-56(52-38)47(39)61/h9,11,13,15-17,19-20,22-23,29,33,38-39,43,52,57H,1,10,12,14,18,21,24-28H2,2-8H3,(H,51,59)/t38-,39-,43?/m0/s1. The molecule has 15 heteroatoms. The van der Waals surface area contributed by atoms with Gasteiger partial charge in [0.1, 0.15) is 23.9 Å². The third-order valence-corrected chi connectivity index (χ3v) is 12.7. The maximum Gasteiger partial charge on any atom is 0.324 e. The maximum absolute atomic E-state index is 14.6. The maximum atomic E-state index is 14.6. The Balaban J connectivity index is 1.30. The number of cyclic esters (lactones) is 1. The summed E-state index contributed by atoms with van der Waals surface area (Å²) in [5, 5.41) is 16.6. The number of nitrogens with zero attached hydrogens (tertiary/aromatic N) is 5. The molecular weight excluding hydrogens is 815 g/mol. The number of rotatable bonds is 10. The predicted molar refractivity (Wildman–Crippen MR) is 242 cm³/mol. The highest BCUT2D eigenvalue weighted by Crippen LogP contribution is 2.41. The number of amides is 4. The molecule has 0 aliphatic carbocycles. The minimum Gasteiger partial charge on any atom is -0.508 e. The van der Waals surface area contributed by atoms with Gasteiger partial charge in [-0.05, 0) is 96.8 Å². The molecule has 2 aromatic heterocycles. The number of hydrazine groups is 1. The summed E-state index contributed by atoms with van der Waals surface area (Å²) in [6, 6.07) is 12.5. The van der Waals surface area contributed by atoms with Gasteiger partial charge in [0, 0.05) is 74.8 Å². The number of methoxy groups -OCH3 is 1. The zero-order valence-electron chi connectivity index (χ0n) is 38.0. The molecule has 0 spiro atoms. The number of aromatic hydroxyl groups is 1. The SMILES string of the molecule is C=CC(=O)N1CC(C(=O)N(C)C(C(=O)N[C@H]2Cc3cc(O)cc(c3)-c3ccc4c(c3)c(c(-c3cccnc3COC)n4CC)CC(C)(C)COC(=O)[C@@H]3CCCN(N3)C2=O)C(C)C)C1. The highest BCUT2D eigenvalue weighted by Gasteiger charge is 2.42. The van der Waals surface area contributed by atoms with E-state index in [9.17, 15) is 29.1 Å². The number of aryl methyl sites for hydroxylation is 1. The second kappa shape index (κ2) is 19.0. The van der Waals surface area contributed by atoms with Gasteiger partial charge in [0.05, 0.1) is 30.5 Å². The molecule has 0 saturated carbocycles. The predicted octanol–water partition coefficient (Wildman–Crippen LogP) is 5.02. The van der Waals surface area contributed by atoms with Crippen molar-refractivity contribution in [2.45, 2.75) is 91.6 Å². The molecule has 64 heavy (non-hydrogen) atoms. The molecule has 1 unspecified atom stereocenters. The molecule has 15 nitrogen and oxygen atoms in total. The fourth-order valence-electron chi connectivity index (χ4n) is 9.47. The number of carbonyl (C=O) groups excluding carboxylic acids is 5. The number of likely N-dealkylation sites (N-methyl/N-ethyl adjacent to an activating group) is 1. The number of hydrogen-bond acceptors (Lipinski definition) is 10. The van der Waals surface area contributed by atoms with Gasteiger partial charge >= 0.3 is 5.97 Å². The molecule has 0 radical (unpaired) electrons. The second-order valence-electron chi connectivity index (χ2n) is 18.4. The number of carbonyl (C=O) groups is 5. The summed E-state index contributed by atoms with van der Waals surface area (Å²) in [5.41, 5.74) is 9.52. The van der Waals surface area contributed by atoms with Crippen LogP contribution in [0.4, 0.5) is 0 Å². The van der Waals surface area contributed by atoms with E-state index in [0.717, 1.165) is 39.0 Å². The minimum absolute atomic E-state index is 0.00960. The van der Waals surface area contributed by atoms with Gasteiger partial charge in [-0.3, -0.25) is 34.0 Å². The van der Waals surface area contributed by atoms with Crippen LogP contribution in [0.2, 0.25) is 0 Å². The molecular formula is C49H61N7O8. The van der Waals surface area contributed by atoms with Crippen molar-refractivity contribution in [3.8, 4) is 28.1 Å². The highest BCUT2D eigenvalue weighted by molar-refractivity contribution is 5.96. The Morgan fingerprint density at radius 3 is 2.59 bits per heavy atom. The van der Waals surface area contributed by atoms with E-state index in [2.05, 4.69) is 60.9 Å². The summed E-state index contributed by atoms with van der Waals surface area (Å²) in [7, 11) is 3.22. The highest BCUT2D eigenvalue weighted by atomic mass is 16.5. The number of phenols is 1. The van der Waals surface area contributed by atoms with E-state index in [0.29, 0.717) is 43.5 Å². The molecule has 7 rings (SSSR count). The van der Waals surface area contributed by atoms with Gasteiger partial charge in [-0.1, -0.05) is 46.4 Å². The van der Waals surface area contributed by atoms with Gasteiger partial charge in [-0.15, -0.1) is 0 Å². The first-order valence-electron chi connectivity index (χ1n) is 22.2. The van der Waals surface area contributed by atoms with E-state index in [1.807, 2.05) is 32.0 Å². The molecule has 3 N–H and O–H groups in total. The van der Waals surface area contributed by atoms with Crippen molar-refractivity contribution in [2.24, 2.45) is 17.3 Å². The summed E-state index contributed by atoms with van der Waals surface area (Å²) >= 11 is 0. The van der Waals surface area contributed by atoms with Crippen LogP contribution in [-0.2, 0) is 59.4 Å². The van der Waals surface area contributed by atoms with Crippen molar-refractivity contribution in [3.05, 3.63) is 84.2 Å². The summed E-state index contributed by atoms with van der Waals surface area (Å²) in [5.74, 6) is -2.87. The number of fused-ring (bicyclic) bond motifs is 6. The van der Waals surface area contributed by atoms with Crippen molar-refractivity contribution in [1.29, 1.82) is 0 Å². The first-order valence-corrected chi connectivity index (χ1v) is 22.2. The number of aromatic nitrogens is 2. The summed E-state index contributed by atoms with van der Waals surface area (Å²) < 4.78 is 14.0. The average Bonchev–Trinajstić information content (AvgIpc) is 3.55.